The molecule has 1 aromatic carbocycles. The van der Waals surface area contributed by atoms with Gasteiger partial charge in [-0.2, -0.15) is 11.8 Å². The van der Waals surface area contributed by atoms with E-state index in [9.17, 15) is 0 Å². The molecule has 1 aliphatic carbocycles. The van der Waals surface area contributed by atoms with Gasteiger partial charge in [0.05, 0.1) is 16.4 Å². The summed E-state index contributed by atoms with van der Waals surface area (Å²) < 4.78 is 0. The van der Waals surface area contributed by atoms with E-state index in [1.165, 1.54) is 25.0 Å². The number of thioether (sulfide) groups is 1. The molecule has 0 saturated heterocycles. The minimum Gasteiger partial charge on any atom is -0.396 e. The van der Waals surface area contributed by atoms with Crippen LogP contribution in [0.3, 0.4) is 0 Å². The highest BCUT2D eigenvalue weighted by molar-refractivity contribution is 7.99. The van der Waals surface area contributed by atoms with Gasteiger partial charge in [-0.05, 0) is 30.7 Å². The fraction of sp³-hybridized carbons (Fsp3) is 0.538. The lowest BCUT2D eigenvalue weighted by Gasteiger charge is -2.22. The summed E-state index contributed by atoms with van der Waals surface area (Å²) in [5.41, 5.74) is 7.62. The smallest absolute Gasteiger partial charge is 0.0739 e. The van der Waals surface area contributed by atoms with Gasteiger partial charge in [0.1, 0.15) is 0 Å². The summed E-state index contributed by atoms with van der Waals surface area (Å²) in [6.07, 6.45) is 3.83. The Hall–Kier alpha value is -0.540. The number of nitrogen functional groups attached to an aromatic ring is 1. The van der Waals surface area contributed by atoms with E-state index in [-0.39, 0.29) is 0 Å². The molecule has 0 spiro atoms. The van der Waals surface area contributed by atoms with Gasteiger partial charge in [-0.3, -0.25) is 0 Å². The minimum absolute atomic E-state index is 0.528. The van der Waals surface area contributed by atoms with Crippen molar-refractivity contribution in [1.29, 1.82) is 0 Å². The number of halogens is 1. The maximum atomic E-state index is 6.03. The minimum atomic E-state index is 0.528. The highest BCUT2D eigenvalue weighted by Gasteiger charge is 2.27. The number of nitrogens with two attached hydrogens (primary N) is 1. The third-order valence-electron chi connectivity index (χ3n) is 3.23. The molecule has 94 valence electrons. The Balaban J connectivity index is 2.07. The van der Waals surface area contributed by atoms with Crippen LogP contribution in [0.15, 0.2) is 18.2 Å². The van der Waals surface area contributed by atoms with Crippen LogP contribution < -0.4 is 11.1 Å². The molecule has 1 fully saturated rings. The average molecular weight is 271 g/mol. The number of hydrogen-bond acceptors (Lipinski definition) is 3. The Morgan fingerprint density at radius 3 is 3.06 bits per heavy atom. The summed E-state index contributed by atoms with van der Waals surface area (Å²) in [6, 6.07) is 6.31. The molecule has 2 nitrogen and oxygen atoms in total. The van der Waals surface area contributed by atoms with Crippen molar-refractivity contribution >= 4 is 34.7 Å². The van der Waals surface area contributed by atoms with E-state index in [4.69, 9.17) is 17.3 Å². The van der Waals surface area contributed by atoms with Crippen LogP contribution in [0.5, 0.6) is 0 Å². The molecule has 1 aromatic rings. The standard InChI is InChI=1S/C13H19ClN2S/c1-2-17-12-8-4-6-10(12)16-11-7-3-5-9(14)13(11)15/h3,5,7,10,12,16H,2,4,6,8,15H2,1H3. The molecule has 17 heavy (non-hydrogen) atoms. The zero-order valence-electron chi connectivity index (χ0n) is 10.1. The zero-order valence-corrected chi connectivity index (χ0v) is 11.7. The third-order valence-corrected chi connectivity index (χ3v) is 4.88. The van der Waals surface area contributed by atoms with Crippen molar-refractivity contribution in [3.8, 4) is 0 Å². The summed E-state index contributed by atoms with van der Waals surface area (Å²) >= 11 is 8.07. The Morgan fingerprint density at radius 2 is 2.29 bits per heavy atom. The van der Waals surface area contributed by atoms with Gasteiger partial charge < -0.3 is 11.1 Å². The van der Waals surface area contributed by atoms with Crippen LogP contribution in [0.2, 0.25) is 5.02 Å². The fourth-order valence-electron chi connectivity index (χ4n) is 2.37. The lowest BCUT2D eigenvalue weighted by atomic mass is 10.2. The van der Waals surface area contributed by atoms with E-state index in [2.05, 4.69) is 12.2 Å². The molecule has 2 atom stereocenters. The molecule has 1 aliphatic rings. The van der Waals surface area contributed by atoms with Crippen molar-refractivity contribution in [2.24, 2.45) is 0 Å². The number of benzene rings is 1. The van der Waals surface area contributed by atoms with Crippen molar-refractivity contribution in [2.75, 3.05) is 16.8 Å². The summed E-state index contributed by atoms with van der Waals surface area (Å²) in [5, 5.41) is 4.89. The van der Waals surface area contributed by atoms with Crippen LogP contribution in [-0.4, -0.2) is 17.0 Å². The van der Waals surface area contributed by atoms with Gasteiger partial charge in [0.2, 0.25) is 0 Å². The van der Waals surface area contributed by atoms with Gasteiger partial charge >= 0.3 is 0 Å². The molecule has 0 bridgehead atoms. The predicted octanol–water partition coefficient (Wildman–Crippen LogP) is 4.01. The van der Waals surface area contributed by atoms with Crippen LogP contribution in [0, 0.1) is 0 Å². The van der Waals surface area contributed by atoms with Crippen LogP contribution >= 0.6 is 23.4 Å². The SMILES string of the molecule is CCSC1CCCC1Nc1cccc(Cl)c1N. The second kappa shape index (κ2) is 5.87. The molecule has 2 unspecified atom stereocenters. The van der Waals surface area contributed by atoms with Crippen molar-refractivity contribution in [3.05, 3.63) is 23.2 Å². The van der Waals surface area contributed by atoms with Crippen molar-refractivity contribution in [3.63, 3.8) is 0 Å². The third kappa shape index (κ3) is 3.02. The highest BCUT2D eigenvalue weighted by Crippen LogP contribution is 2.34. The second-order valence-corrected chi connectivity index (χ2v) is 6.30. The Kier molecular flexibility index (Phi) is 4.46. The molecule has 3 N–H and O–H groups in total. The topological polar surface area (TPSA) is 38.0 Å². The summed E-state index contributed by atoms with van der Waals surface area (Å²) in [7, 11) is 0. The predicted molar refractivity (Wildman–Crippen MR) is 79.0 cm³/mol. The molecule has 2 rings (SSSR count). The van der Waals surface area contributed by atoms with Crippen LogP contribution in [0.1, 0.15) is 26.2 Å². The first kappa shape index (κ1) is 12.9. The average Bonchev–Trinajstić information content (AvgIpc) is 2.73. The summed E-state index contributed by atoms with van der Waals surface area (Å²) in [6.45, 7) is 2.22. The first-order chi connectivity index (χ1) is 8.22. The first-order valence-electron chi connectivity index (χ1n) is 6.14. The van der Waals surface area contributed by atoms with Crippen molar-refractivity contribution < 1.29 is 0 Å². The molecular formula is C13H19ClN2S. The van der Waals surface area contributed by atoms with E-state index in [0.29, 0.717) is 22.0 Å². The molecule has 0 radical (unpaired) electrons. The maximum Gasteiger partial charge on any atom is 0.0739 e. The zero-order chi connectivity index (χ0) is 12.3. The van der Waals surface area contributed by atoms with Gasteiger partial charge in [0.25, 0.3) is 0 Å². The number of hydrogen-bond donors (Lipinski definition) is 2. The molecule has 0 aromatic heterocycles. The van der Waals surface area contributed by atoms with Gasteiger partial charge in [0, 0.05) is 11.3 Å². The molecule has 4 heteroatoms. The van der Waals surface area contributed by atoms with Crippen molar-refractivity contribution in [1.82, 2.24) is 0 Å². The van der Waals surface area contributed by atoms with E-state index in [1.807, 2.05) is 30.0 Å². The van der Waals surface area contributed by atoms with Gasteiger partial charge in [-0.15, -0.1) is 0 Å². The van der Waals surface area contributed by atoms with E-state index in [0.717, 1.165) is 5.69 Å². The monoisotopic (exact) mass is 270 g/mol. The van der Waals surface area contributed by atoms with Crippen LogP contribution in [0.25, 0.3) is 0 Å². The maximum absolute atomic E-state index is 6.03. The summed E-state index contributed by atoms with van der Waals surface area (Å²) in [5.74, 6) is 1.17. The van der Waals surface area contributed by atoms with Gasteiger partial charge in [-0.1, -0.05) is 31.0 Å². The van der Waals surface area contributed by atoms with Gasteiger partial charge in [-0.25, -0.2) is 0 Å². The van der Waals surface area contributed by atoms with E-state index in [1.54, 1.807) is 0 Å². The number of rotatable bonds is 4. The van der Waals surface area contributed by atoms with Crippen LogP contribution in [0.4, 0.5) is 11.4 Å². The molecular weight excluding hydrogens is 252 g/mol. The largest absolute Gasteiger partial charge is 0.396 e. The molecule has 0 heterocycles. The molecule has 1 saturated carbocycles. The highest BCUT2D eigenvalue weighted by atomic mass is 35.5. The normalized spacial score (nSPS) is 23.9. The number of nitrogens with one attached hydrogen (secondary N) is 1. The summed E-state index contributed by atoms with van der Waals surface area (Å²) in [4.78, 5) is 0. The Labute approximate surface area is 112 Å². The van der Waals surface area contributed by atoms with Crippen molar-refractivity contribution in [2.45, 2.75) is 37.5 Å². The molecule has 0 aliphatic heterocycles. The van der Waals surface area contributed by atoms with E-state index < -0.39 is 0 Å². The van der Waals surface area contributed by atoms with Gasteiger partial charge in [0.15, 0.2) is 0 Å². The van der Waals surface area contributed by atoms with Crippen LogP contribution in [-0.2, 0) is 0 Å². The Morgan fingerprint density at radius 1 is 1.47 bits per heavy atom. The fourth-order valence-corrected chi connectivity index (χ4v) is 3.74. The number of anilines is 2. The molecule has 0 amide bonds. The first-order valence-corrected chi connectivity index (χ1v) is 7.57. The van der Waals surface area contributed by atoms with E-state index >= 15 is 0 Å². The number of para-hydroxylation sites is 1. The Bertz CT molecular complexity index is 384. The lowest BCUT2D eigenvalue weighted by Crippen LogP contribution is -2.26. The second-order valence-electron chi connectivity index (χ2n) is 4.38. The quantitative estimate of drug-likeness (QED) is 0.812. The lowest BCUT2D eigenvalue weighted by molar-refractivity contribution is 0.768.